The molecule has 186 valence electrons. The number of allylic oxidation sites excluding steroid dienone is 8. The summed E-state index contributed by atoms with van der Waals surface area (Å²) in [4.78, 5) is 12.1. The van der Waals surface area contributed by atoms with Crippen LogP contribution in [0.15, 0.2) is 77.5 Å². The number of carbonyl (C=O) groups is 1. The van der Waals surface area contributed by atoms with E-state index >= 15 is 0 Å². The van der Waals surface area contributed by atoms with E-state index in [9.17, 15) is 39.9 Å². The van der Waals surface area contributed by atoms with Gasteiger partial charge in [0, 0.05) is 19.3 Å². The van der Waals surface area contributed by atoms with Gasteiger partial charge in [0.15, 0.2) is 5.78 Å². The van der Waals surface area contributed by atoms with Gasteiger partial charge in [-0.05, 0) is 60.1 Å². The van der Waals surface area contributed by atoms with E-state index in [1.54, 1.807) is 20.8 Å². The second-order valence-electron chi connectivity index (χ2n) is 8.29. The van der Waals surface area contributed by atoms with Crippen LogP contribution in [0.25, 0.3) is 5.57 Å². The Morgan fingerprint density at radius 1 is 1.06 bits per heavy atom. The first-order valence-electron chi connectivity index (χ1n) is 10.3. The maximum atomic E-state index is 13.2. The number of benzene rings is 1. The molecule has 1 aliphatic carbocycles. The first kappa shape index (κ1) is 28.1. The van der Waals surface area contributed by atoms with Crippen molar-refractivity contribution in [3.8, 4) is 0 Å². The number of halogens is 8. The molecule has 0 saturated heterocycles. The lowest BCUT2D eigenvalue weighted by Gasteiger charge is -2.14. The highest BCUT2D eigenvalue weighted by molar-refractivity contribution is 6.25. The molecule has 0 aromatic heterocycles. The van der Waals surface area contributed by atoms with Gasteiger partial charge in [-0.3, -0.25) is 4.79 Å². The molecule has 0 atom stereocenters. The number of carbonyl (C=O) groups excluding carboxylic acids is 1. The molecule has 1 aliphatic rings. The predicted octanol–water partition coefficient (Wildman–Crippen LogP) is 7.23. The molecule has 0 saturated carbocycles. The Bertz CT molecular complexity index is 1120. The first-order valence-corrected chi connectivity index (χ1v) is 10.3. The molecule has 0 radical (unpaired) electrons. The number of alkyl halides is 8. The average molecular weight is 500 g/mol. The van der Waals surface area contributed by atoms with E-state index in [-0.39, 0.29) is 35.8 Å². The summed E-state index contributed by atoms with van der Waals surface area (Å²) < 4.78 is 104. The highest BCUT2D eigenvalue weighted by atomic mass is 19.4. The van der Waals surface area contributed by atoms with Gasteiger partial charge in [-0.1, -0.05) is 29.8 Å². The smallest absolute Gasteiger partial charge is 0.295 e. The molecule has 10 heteroatoms. The SMILES string of the molecule is BC(/C=C(/C)C=C=CC(=C)c1cc(C(F)(F)F)cc(C(F)(F)F)c1)=C/C(=O)CC1=CCC(F)(F)C1. The minimum Gasteiger partial charge on any atom is -0.295 e. The zero-order chi connectivity index (χ0) is 26.6. The molecular formula is C25H21BF8O. The van der Waals surface area contributed by atoms with Crippen molar-refractivity contribution in [3.63, 3.8) is 0 Å². The van der Waals surface area contributed by atoms with Gasteiger partial charge in [-0.25, -0.2) is 8.78 Å². The van der Waals surface area contributed by atoms with E-state index in [1.165, 1.54) is 18.2 Å². The average Bonchev–Trinajstić information content (AvgIpc) is 3.03. The molecule has 0 aliphatic heterocycles. The quantitative estimate of drug-likeness (QED) is 0.0965. The van der Waals surface area contributed by atoms with Gasteiger partial charge in [0.25, 0.3) is 5.92 Å². The summed E-state index contributed by atoms with van der Waals surface area (Å²) in [7, 11) is 1.62. The van der Waals surface area contributed by atoms with Crippen LogP contribution in [0.3, 0.4) is 0 Å². The van der Waals surface area contributed by atoms with Gasteiger partial charge >= 0.3 is 12.4 Å². The lowest BCUT2D eigenvalue weighted by molar-refractivity contribution is -0.143. The maximum absolute atomic E-state index is 13.2. The van der Waals surface area contributed by atoms with Crippen LogP contribution >= 0.6 is 0 Å². The summed E-state index contributed by atoms with van der Waals surface area (Å²) in [6.45, 7) is 5.16. The summed E-state index contributed by atoms with van der Waals surface area (Å²) in [6.07, 6.45) is -4.04. The second-order valence-corrected chi connectivity index (χ2v) is 8.29. The van der Waals surface area contributed by atoms with Crippen LogP contribution in [-0.4, -0.2) is 19.6 Å². The molecule has 0 N–H and O–H groups in total. The van der Waals surface area contributed by atoms with Crippen molar-refractivity contribution in [3.05, 3.63) is 94.2 Å². The lowest BCUT2D eigenvalue weighted by atomic mass is 9.91. The fourth-order valence-electron chi connectivity index (χ4n) is 3.37. The number of rotatable bonds is 7. The van der Waals surface area contributed by atoms with E-state index < -0.39 is 35.8 Å². The molecule has 0 fully saturated rings. The van der Waals surface area contributed by atoms with E-state index in [0.717, 1.165) is 6.08 Å². The van der Waals surface area contributed by atoms with E-state index in [4.69, 9.17) is 0 Å². The molecule has 2 rings (SSSR count). The summed E-state index contributed by atoms with van der Waals surface area (Å²) in [5, 5.41) is 0. The molecule has 35 heavy (non-hydrogen) atoms. The fourth-order valence-corrected chi connectivity index (χ4v) is 3.37. The summed E-state index contributed by atoms with van der Waals surface area (Å²) >= 11 is 0. The fraction of sp³-hybridized carbons (Fsp3) is 0.280. The molecule has 0 bridgehead atoms. The van der Waals surface area contributed by atoms with Crippen LogP contribution in [-0.2, 0) is 17.1 Å². The zero-order valence-corrected chi connectivity index (χ0v) is 18.9. The Morgan fingerprint density at radius 2 is 1.63 bits per heavy atom. The van der Waals surface area contributed by atoms with Crippen molar-refractivity contribution in [2.45, 2.75) is 44.5 Å². The Labute approximate surface area is 198 Å². The monoisotopic (exact) mass is 500 g/mol. The van der Waals surface area contributed by atoms with E-state index in [0.29, 0.717) is 28.8 Å². The van der Waals surface area contributed by atoms with Gasteiger partial charge in [0.1, 0.15) is 7.85 Å². The Morgan fingerprint density at radius 3 is 2.11 bits per heavy atom. The van der Waals surface area contributed by atoms with Crippen molar-refractivity contribution < 1.29 is 39.9 Å². The third-order valence-corrected chi connectivity index (χ3v) is 4.95. The van der Waals surface area contributed by atoms with Crippen LogP contribution in [0.5, 0.6) is 0 Å². The summed E-state index contributed by atoms with van der Waals surface area (Å²) in [5.74, 6) is -3.15. The lowest BCUT2D eigenvalue weighted by Crippen LogP contribution is -2.11. The van der Waals surface area contributed by atoms with Crippen LogP contribution < -0.4 is 0 Å². The molecule has 1 nitrogen and oxygen atoms in total. The molecule has 0 heterocycles. The number of hydrogen-bond donors (Lipinski definition) is 0. The first-order chi connectivity index (χ1) is 16.0. The normalized spacial score (nSPS) is 16.4. The van der Waals surface area contributed by atoms with Gasteiger partial charge < -0.3 is 0 Å². The predicted molar refractivity (Wildman–Crippen MR) is 120 cm³/mol. The number of hydrogen-bond acceptors (Lipinski definition) is 1. The van der Waals surface area contributed by atoms with Crippen molar-refractivity contribution in [1.82, 2.24) is 0 Å². The Kier molecular flexibility index (Phi) is 8.55. The largest absolute Gasteiger partial charge is 0.416 e. The minimum absolute atomic E-state index is 0.0361. The van der Waals surface area contributed by atoms with Crippen molar-refractivity contribution in [1.29, 1.82) is 0 Å². The second kappa shape index (κ2) is 10.6. The van der Waals surface area contributed by atoms with Crippen LogP contribution in [0.4, 0.5) is 35.1 Å². The van der Waals surface area contributed by atoms with Crippen molar-refractivity contribution in [2.24, 2.45) is 0 Å². The van der Waals surface area contributed by atoms with E-state index in [1.807, 2.05) is 0 Å². The van der Waals surface area contributed by atoms with Crippen LogP contribution in [0.2, 0.25) is 0 Å². The summed E-state index contributed by atoms with van der Waals surface area (Å²) in [5.41, 5.74) is 0.762. The third kappa shape index (κ3) is 8.87. The molecule has 0 unspecified atom stereocenters. The maximum Gasteiger partial charge on any atom is 0.416 e. The van der Waals surface area contributed by atoms with Gasteiger partial charge in [-0.2, -0.15) is 26.3 Å². The molecule has 0 amide bonds. The summed E-state index contributed by atoms with van der Waals surface area (Å²) in [6, 6.07) is 1.19. The van der Waals surface area contributed by atoms with Gasteiger partial charge in [0.2, 0.25) is 0 Å². The highest BCUT2D eigenvalue weighted by Gasteiger charge is 2.37. The van der Waals surface area contributed by atoms with E-state index in [2.05, 4.69) is 12.3 Å². The molecule has 0 spiro atoms. The third-order valence-electron chi connectivity index (χ3n) is 4.95. The Hall–Kier alpha value is -3.13. The standard InChI is InChI=1S/C25H21BF8O/c1-15(8-21(26)13-22(35)9-17-6-7-23(27,28)14-17)4-3-5-16(2)18-10-19(24(29,30)31)12-20(11-18)25(32,33)34/h4-6,8,10-13H,2,7,9,14,26H2,1H3/b15-8-,21-13+. The molecule has 1 aromatic rings. The highest BCUT2D eigenvalue weighted by Crippen LogP contribution is 2.38. The van der Waals surface area contributed by atoms with Crippen molar-refractivity contribution >= 4 is 19.2 Å². The van der Waals surface area contributed by atoms with Crippen LogP contribution in [0.1, 0.15) is 42.9 Å². The van der Waals surface area contributed by atoms with Gasteiger partial charge in [-0.15, -0.1) is 5.73 Å². The van der Waals surface area contributed by atoms with Crippen LogP contribution in [0, 0.1) is 0 Å². The topological polar surface area (TPSA) is 17.1 Å². The zero-order valence-electron chi connectivity index (χ0n) is 18.9. The van der Waals surface area contributed by atoms with Crippen molar-refractivity contribution in [2.75, 3.05) is 0 Å². The minimum atomic E-state index is -4.97. The van der Waals surface area contributed by atoms with Gasteiger partial charge in [0.05, 0.1) is 11.1 Å². The number of ketones is 1. The molecular weight excluding hydrogens is 479 g/mol. The Balaban J connectivity index is 2.14. The molecule has 1 aromatic carbocycles.